The van der Waals surface area contributed by atoms with Crippen LogP contribution in [0.5, 0.6) is 0 Å². The molecule has 2 atom stereocenters. The third-order valence-electron chi connectivity index (χ3n) is 3.31. The van der Waals surface area contributed by atoms with E-state index in [4.69, 9.17) is 5.73 Å². The van der Waals surface area contributed by atoms with E-state index in [1.54, 1.807) is 0 Å². The van der Waals surface area contributed by atoms with E-state index in [0.717, 1.165) is 6.54 Å². The summed E-state index contributed by atoms with van der Waals surface area (Å²) in [6, 6.07) is 8.81. The fraction of sp³-hybridized carbons (Fsp3) is 0.538. The van der Waals surface area contributed by atoms with Crippen LogP contribution in [0.25, 0.3) is 0 Å². The highest BCUT2D eigenvalue weighted by molar-refractivity contribution is 5.32. The summed E-state index contributed by atoms with van der Waals surface area (Å²) in [6.45, 7) is 1.09. The van der Waals surface area contributed by atoms with Crippen LogP contribution in [0.3, 0.4) is 0 Å². The topological polar surface area (TPSA) is 29.3 Å². The van der Waals surface area contributed by atoms with Crippen LogP contribution >= 0.6 is 0 Å². The second kappa shape index (κ2) is 4.33. The number of nitrogens with zero attached hydrogens (tertiary/aromatic N) is 1. The minimum atomic E-state index is 0.220. The van der Waals surface area contributed by atoms with E-state index in [1.165, 1.54) is 24.0 Å². The second-order valence-electron chi connectivity index (χ2n) is 4.79. The second-order valence-corrected chi connectivity index (χ2v) is 4.79. The van der Waals surface area contributed by atoms with Crippen molar-refractivity contribution in [2.45, 2.75) is 18.9 Å². The quantitative estimate of drug-likeness (QED) is 0.796. The van der Waals surface area contributed by atoms with Crippen molar-refractivity contribution >= 4 is 0 Å². The van der Waals surface area contributed by atoms with Crippen molar-refractivity contribution in [1.29, 1.82) is 0 Å². The Morgan fingerprint density at radius 1 is 1.33 bits per heavy atom. The van der Waals surface area contributed by atoms with Crippen LogP contribution in [0.2, 0.25) is 0 Å². The van der Waals surface area contributed by atoms with Crippen molar-refractivity contribution in [3.8, 4) is 0 Å². The summed E-state index contributed by atoms with van der Waals surface area (Å²) in [6.07, 6.45) is 2.40. The van der Waals surface area contributed by atoms with Crippen molar-refractivity contribution in [1.82, 2.24) is 4.90 Å². The Kier molecular flexibility index (Phi) is 3.08. The number of hydrogen-bond donors (Lipinski definition) is 1. The van der Waals surface area contributed by atoms with Gasteiger partial charge in [-0.15, -0.1) is 0 Å². The van der Waals surface area contributed by atoms with Gasteiger partial charge in [0.1, 0.15) is 0 Å². The van der Waals surface area contributed by atoms with Crippen molar-refractivity contribution in [2.24, 2.45) is 11.7 Å². The maximum absolute atomic E-state index is 6.31. The minimum Gasteiger partial charge on any atom is -0.324 e. The Morgan fingerprint density at radius 2 is 2.07 bits per heavy atom. The lowest BCUT2D eigenvalue weighted by molar-refractivity contribution is 0.268. The minimum absolute atomic E-state index is 0.220. The number of rotatable bonds is 2. The summed E-state index contributed by atoms with van der Waals surface area (Å²) in [5.41, 5.74) is 9.11. The Balaban J connectivity index is 2.18. The molecule has 1 aliphatic carbocycles. The molecule has 2 heteroatoms. The first-order valence-electron chi connectivity index (χ1n) is 5.66. The molecule has 0 saturated carbocycles. The van der Waals surface area contributed by atoms with Gasteiger partial charge in [-0.1, -0.05) is 24.3 Å². The maximum Gasteiger partial charge on any atom is 0.0338 e. The van der Waals surface area contributed by atoms with E-state index in [2.05, 4.69) is 43.3 Å². The van der Waals surface area contributed by atoms with E-state index < -0.39 is 0 Å². The van der Waals surface area contributed by atoms with Crippen LogP contribution < -0.4 is 5.73 Å². The van der Waals surface area contributed by atoms with Crippen LogP contribution in [0, 0.1) is 5.92 Å². The van der Waals surface area contributed by atoms with Crippen LogP contribution in [0.4, 0.5) is 0 Å². The highest BCUT2D eigenvalue weighted by atomic mass is 15.1. The maximum atomic E-state index is 6.31. The van der Waals surface area contributed by atoms with Gasteiger partial charge in [-0.25, -0.2) is 0 Å². The summed E-state index contributed by atoms with van der Waals surface area (Å²) in [5, 5.41) is 0. The zero-order chi connectivity index (χ0) is 10.8. The predicted molar refractivity (Wildman–Crippen MR) is 63.7 cm³/mol. The van der Waals surface area contributed by atoms with E-state index in [0.29, 0.717) is 5.92 Å². The molecule has 1 aromatic carbocycles. The van der Waals surface area contributed by atoms with Crippen LogP contribution in [-0.4, -0.2) is 25.5 Å². The number of fused-ring (bicyclic) bond motifs is 1. The highest BCUT2D eigenvalue weighted by Gasteiger charge is 2.26. The van der Waals surface area contributed by atoms with Gasteiger partial charge in [0.05, 0.1) is 0 Å². The average molecular weight is 204 g/mol. The summed E-state index contributed by atoms with van der Waals surface area (Å²) in [7, 11) is 4.24. The van der Waals surface area contributed by atoms with E-state index in [9.17, 15) is 0 Å². The number of benzene rings is 1. The predicted octanol–water partition coefficient (Wildman–Crippen LogP) is 1.81. The summed E-state index contributed by atoms with van der Waals surface area (Å²) in [4.78, 5) is 2.23. The lowest BCUT2D eigenvalue weighted by Crippen LogP contribution is -2.34. The standard InChI is InChI=1S/C13H20N2/c1-15(2)9-11-8-7-10-5-3-4-6-12(10)13(11)14/h3-6,11,13H,7-9,14H2,1-2H3. The molecule has 0 saturated heterocycles. The molecule has 0 aromatic heterocycles. The molecule has 82 valence electrons. The van der Waals surface area contributed by atoms with Gasteiger partial charge >= 0.3 is 0 Å². The zero-order valence-corrected chi connectivity index (χ0v) is 9.61. The molecule has 0 heterocycles. The molecule has 15 heavy (non-hydrogen) atoms. The molecular formula is C13H20N2. The number of aryl methyl sites for hydroxylation is 1. The third kappa shape index (κ3) is 2.21. The molecule has 0 fully saturated rings. The van der Waals surface area contributed by atoms with Gasteiger partial charge in [-0.3, -0.25) is 0 Å². The highest BCUT2D eigenvalue weighted by Crippen LogP contribution is 2.32. The van der Waals surface area contributed by atoms with Crippen molar-refractivity contribution in [3.63, 3.8) is 0 Å². The van der Waals surface area contributed by atoms with Gasteiger partial charge in [0.2, 0.25) is 0 Å². The molecule has 0 aliphatic heterocycles. The normalized spacial score (nSPS) is 25.3. The zero-order valence-electron chi connectivity index (χ0n) is 9.61. The number of nitrogens with two attached hydrogens (primary N) is 1. The van der Waals surface area contributed by atoms with Gasteiger partial charge in [0.15, 0.2) is 0 Å². The summed E-state index contributed by atoms with van der Waals surface area (Å²) >= 11 is 0. The van der Waals surface area contributed by atoms with Crippen molar-refractivity contribution in [2.75, 3.05) is 20.6 Å². The molecule has 0 bridgehead atoms. The Bertz CT molecular complexity index is 333. The van der Waals surface area contributed by atoms with Crippen LogP contribution in [-0.2, 0) is 6.42 Å². The molecule has 2 nitrogen and oxygen atoms in total. The van der Waals surface area contributed by atoms with Gasteiger partial charge in [-0.05, 0) is 44.0 Å². The first-order chi connectivity index (χ1) is 7.18. The van der Waals surface area contributed by atoms with Crippen molar-refractivity contribution in [3.05, 3.63) is 35.4 Å². The Morgan fingerprint density at radius 3 is 2.80 bits per heavy atom. The molecule has 1 aromatic rings. The van der Waals surface area contributed by atoms with Gasteiger partial charge in [0.25, 0.3) is 0 Å². The molecule has 0 radical (unpaired) electrons. The Hall–Kier alpha value is -0.860. The van der Waals surface area contributed by atoms with Crippen LogP contribution in [0.1, 0.15) is 23.6 Å². The SMILES string of the molecule is CN(C)CC1CCc2ccccc2C1N. The van der Waals surface area contributed by atoms with Gasteiger partial charge in [0, 0.05) is 12.6 Å². The summed E-state index contributed by atoms with van der Waals surface area (Å²) < 4.78 is 0. The van der Waals surface area contributed by atoms with Gasteiger partial charge in [-0.2, -0.15) is 0 Å². The fourth-order valence-electron chi connectivity index (χ4n) is 2.54. The molecule has 2 rings (SSSR count). The third-order valence-corrected chi connectivity index (χ3v) is 3.31. The fourth-order valence-corrected chi connectivity index (χ4v) is 2.54. The molecule has 2 unspecified atom stereocenters. The molecular weight excluding hydrogens is 184 g/mol. The van der Waals surface area contributed by atoms with Crippen molar-refractivity contribution < 1.29 is 0 Å². The molecule has 2 N–H and O–H groups in total. The van der Waals surface area contributed by atoms with E-state index in [1.807, 2.05) is 0 Å². The first-order valence-corrected chi connectivity index (χ1v) is 5.66. The molecule has 0 amide bonds. The lowest BCUT2D eigenvalue weighted by atomic mass is 9.80. The monoisotopic (exact) mass is 204 g/mol. The number of hydrogen-bond acceptors (Lipinski definition) is 2. The van der Waals surface area contributed by atoms with E-state index >= 15 is 0 Å². The lowest BCUT2D eigenvalue weighted by Gasteiger charge is -2.32. The Labute approximate surface area is 92.1 Å². The largest absolute Gasteiger partial charge is 0.324 e. The molecule has 1 aliphatic rings. The van der Waals surface area contributed by atoms with Crippen LogP contribution in [0.15, 0.2) is 24.3 Å². The molecule has 0 spiro atoms. The first kappa shape index (κ1) is 10.7. The average Bonchev–Trinajstić information content (AvgIpc) is 2.22. The smallest absolute Gasteiger partial charge is 0.0338 e. The summed E-state index contributed by atoms with van der Waals surface area (Å²) in [5.74, 6) is 0.606. The van der Waals surface area contributed by atoms with E-state index in [-0.39, 0.29) is 6.04 Å². The van der Waals surface area contributed by atoms with Gasteiger partial charge < -0.3 is 10.6 Å².